The van der Waals surface area contributed by atoms with Gasteiger partial charge in [0.05, 0.1) is 0 Å². The number of alkyl halides is 3. The summed E-state index contributed by atoms with van der Waals surface area (Å²) in [5.41, 5.74) is 2.73. The van der Waals surface area contributed by atoms with E-state index in [0.29, 0.717) is 5.56 Å². The zero-order chi connectivity index (χ0) is 13.2. The van der Waals surface area contributed by atoms with Crippen molar-refractivity contribution in [3.8, 4) is 11.1 Å². The van der Waals surface area contributed by atoms with Crippen molar-refractivity contribution in [3.63, 3.8) is 0 Å². The van der Waals surface area contributed by atoms with Crippen LogP contribution in [0, 0.1) is 0 Å². The van der Waals surface area contributed by atoms with E-state index >= 15 is 0 Å². The van der Waals surface area contributed by atoms with Gasteiger partial charge >= 0.3 is 0 Å². The fourth-order valence-electron chi connectivity index (χ4n) is 1.68. The molecule has 94 valence electrons. The van der Waals surface area contributed by atoms with Gasteiger partial charge < -0.3 is 5.11 Å². The van der Waals surface area contributed by atoms with Gasteiger partial charge in [0, 0.05) is 0 Å². The molecular weight excluding hydrogens is 291 g/mol. The molecule has 0 saturated heterocycles. The lowest BCUT2D eigenvalue weighted by Gasteiger charge is -2.19. The molecule has 0 spiro atoms. The summed E-state index contributed by atoms with van der Waals surface area (Å²) in [6.45, 7) is 0. The topological polar surface area (TPSA) is 20.2 Å². The first kappa shape index (κ1) is 13.7. The Morgan fingerprint density at radius 2 is 1.28 bits per heavy atom. The van der Waals surface area contributed by atoms with Gasteiger partial charge in [-0.1, -0.05) is 89.4 Å². The van der Waals surface area contributed by atoms with E-state index in [2.05, 4.69) is 0 Å². The molecule has 0 aromatic heterocycles. The minimum Gasteiger partial charge on any atom is -0.384 e. The van der Waals surface area contributed by atoms with Crippen LogP contribution < -0.4 is 0 Å². The average Bonchev–Trinajstić information content (AvgIpc) is 2.38. The standard InChI is InChI=1S/C14H11Cl3O/c15-14(16,17)13(18)12-8-6-11(7-9-12)10-4-2-1-3-5-10/h1-9,13,18H/t13-/m1/s1. The third-order valence-corrected chi connectivity index (χ3v) is 3.26. The van der Waals surface area contributed by atoms with E-state index in [1.54, 1.807) is 12.1 Å². The van der Waals surface area contributed by atoms with Crippen molar-refractivity contribution in [1.29, 1.82) is 0 Å². The molecule has 0 bridgehead atoms. The number of aliphatic hydroxyl groups excluding tert-OH is 1. The monoisotopic (exact) mass is 300 g/mol. The van der Waals surface area contributed by atoms with Crippen LogP contribution in [-0.4, -0.2) is 8.90 Å². The van der Waals surface area contributed by atoms with Crippen LogP contribution in [0.25, 0.3) is 11.1 Å². The minimum absolute atomic E-state index is 0.578. The zero-order valence-corrected chi connectivity index (χ0v) is 11.6. The Labute approximate surface area is 121 Å². The SMILES string of the molecule is O[C@H](c1ccc(-c2ccccc2)cc1)C(Cl)(Cl)Cl. The van der Waals surface area contributed by atoms with E-state index < -0.39 is 9.90 Å². The molecule has 0 aliphatic carbocycles. The van der Waals surface area contributed by atoms with Gasteiger partial charge in [0.1, 0.15) is 6.10 Å². The molecule has 0 amide bonds. The highest BCUT2D eigenvalue weighted by Crippen LogP contribution is 2.39. The lowest BCUT2D eigenvalue weighted by molar-refractivity contribution is 0.182. The molecule has 0 radical (unpaired) electrons. The molecule has 4 heteroatoms. The fraction of sp³-hybridized carbons (Fsp3) is 0.143. The summed E-state index contributed by atoms with van der Waals surface area (Å²) < 4.78 is -1.71. The van der Waals surface area contributed by atoms with Gasteiger partial charge in [-0.15, -0.1) is 0 Å². The lowest BCUT2D eigenvalue weighted by atomic mass is 10.0. The van der Waals surface area contributed by atoms with E-state index in [1.807, 2.05) is 42.5 Å². The molecule has 18 heavy (non-hydrogen) atoms. The number of benzene rings is 2. The van der Waals surface area contributed by atoms with E-state index in [1.165, 1.54) is 0 Å². The first-order valence-corrected chi connectivity index (χ1v) is 6.52. The van der Waals surface area contributed by atoms with Gasteiger partial charge in [-0.3, -0.25) is 0 Å². The van der Waals surface area contributed by atoms with Crippen LogP contribution in [0.1, 0.15) is 11.7 Å². The maximum absolute atomic E-state index is 9.82. The van der Waals surface area contributed by atoms with Crippen molar-refractivity contribution in [3.05, 3.63) is 60.2 Å². The highest BCUT2D eigenvalue weighted by Gasteiger charge is 2.31. The van der Waals surface area contributed by atoms with E-state index in [0.717, 1.165) is 11.1 Å². The summed E-state index contributed by atoms with van der Waals surface area (Å²) >= 11 is 17.0. The smallest absolute Gasteiger partial charge is 0.220 e. The van der Waals surface area contributed by atoms with Crippen molar-refractivity contribution >= 4 is 34.8 Å². The van der Waals surface area contributed by atoms with E-state index in [-0.39, 0.29) is 0 Å². The predicted octanol–water partition coefficient (Wildman–Crippen LogP) is 4.76. The summed E-state index contributed by atoms with van der Waals surface area (Å²) in [5.74, 6) is 0. The lowest BCUT2D eigenvalue weighted by Crippen LogP contribution is -2.16. The molecule has 0 unspecified atom stereocenters. The number of hydrogen-bond acceptors (Lipinski definition) is 1. The van der Waals surface area contributed by atoms with Gasteiger partial charge in [0.15, 0.2) is 0 Å². The molecule has 0 saturated carbocycles. The van der Waals surface area contributed by atoms with Crippen molar-refractivity contribution in [2.24, 2.45) is 0 Å². The van der Waals surface area contributed by atoms with E-state index in [4.69, 9.17) is 34.8 Å². The quantitative estimate of drug-likeness (QED) is 0.793. The Morgan fingerprint density at radius 1 is 0.778 bits per heavy atom. The highest BCUT2D eigenvalue weighted by atomic mass is 35.6. The maximum Gasteiger partial charge on any atom is 0.220 e. The predicted molar refractivity (Wildman–Crippen MR) is 77.1 cm³/mol. The maximum atomic E-state index is 9.82. The van der Waals surface area contributed by atoms with E-state index in [9.17, 15) is 5.11 Å². The Bertz CT molecular complexity index is 503. The molecule has 1 atom stereocenters. The largest absolute Gasteiger partial charge is 0.384 e. The summed E-state index contributed by atoms with van der Waals surface area (Å²) in [6, 6.07) is 17.2. The summed E-state index contributed by atoms with van der Waals surface area (Å²) in [7, 11) is 0. The van der Waals surface area contributed by atoms with Gasteiger partial charge in [0.25, 0.3) is 0 Å². The fourth-order valence-corrected chi connectivity index (χ4v) is 2.06. The summed E-state index contributed by atoms with van der Waals surface area (Å²) in [5, 5.41) is 9.82. The molecule has 0 aliphatic heterocycles. The molecule has 1 nitrogen and oxygen atoms in total. The third-order valence-electron chi connectivity index (χ3n) is 2.64. The Hall–Kier alpha value is -0.730. The first-order chi connectivity index (χ1) is 8.48. The number of hydrogen-bond donors (Lipinski definition) is 1. The molecule has 2 rings (SSSR count). The summed E-state index contributed by atoms with van der Waals surface area (Å²) in [6.07, 6.45) is -1.13. The molecule has 1 N–H and O–H groups in total. The normalized spacial score (nSPS) is 13.3. The van der Waals surface area contributed by atoms with Crippen molar-refractivity contribution in [1.82, 2.24) is 0 Å². The Balaban J connectivity index is 2.26. The Kier molecular flexibility index (Phi) is 4.18. The molecular formula is C14H11Cl3O. The van der Waals surface area contributed by atoms with Crippen LogP contribution in [0.2, 0.25) is 0 Å². The number of halogens is 3. The molecule has 0 fully saturated rings. The molecule has 0 aliphatic rings. The average molecular weight is 302 g/mol. The Morgan fingerprint density at radius 3 is 1.78 bits per heavy atom. The van der Waals surface area contributed by atoms with Crippen LogP contribution in [0.4, 0.5) is 0 Å². The zero-order valence-electron chi connectivity index (χ0n) is 9.35. The number of rotatable bonds is 2. The van der Waals surface area contributed by atoms with Gasteiger partial charge in [0.2, 0.25) is 3.79 Å². The van der Waals surface area contributed by atoms with Crippen molar-refractivity contribution in [2.75, 3.05) is 0 Å². The van der Waals surface area contributed by atoms with Crippen LogP contribution in [0.3, 0.4) is 0 Å². The third kappa shape index (κ3) is 3.18. The van der Waals surface area contributed by atoms with Crippen LogP contribution in [0.5, 0.6) is 0 Å². The van der Waals surface area contributed by atoms with Gasteiger partial charge in [-0.05, 0) is 16.7 Å². The van der Waals surface area contributed by atoms with Crippen LogP contribution >= 0.6 is 34.8 Å². The first-order valence-electron chi connectivity index (χ1n) is 5.38. The van der Waals surface area contributed by atoms with Crippen molar-refractivity contribution < 1.29 is 5.11 Å². The van der Waals surface area contributed by atoms with Gasteiger partial charge in [-0.25, -0.2) is 0 Å². The molecule has 2 aromatic rings. The van der Waals surface area contributed by atoms with Crippen molar-refractivity contribution in [2.45, 2.75) is 9.90 Å². The second-order valence-corrected chi connectivity index (χ2v) is 6.30. The number of aliphatic hydroxyl groups is 1. The summed E-state index contributed by atoms with van der Waals surface area (Å²) in [4.78, 5) is 0. The molecule has 2 aromatic carbocycles. The minimum atomic E-state index is -1.71. The van der Waals surface area contributed by atoms with Gasteiger partial charge in [-0.2, -0.15) is 0 Å². The second kappa shape index (κ2) is 5.50. The molecule has 0 heterocycles. The second-order valence-electron chi connectivity index (χ2n) is 3.93. The highest BCUT2D eigenvalue weighted by molar-refractivity contribution is 6.68. The van der Waals surface area contributed by atoms with Crippen LogP contribution in [-0.2, 0) is 0 Å². The van der Waals surface area contributed by atoms with Crippen LogP contribution in [0.15, 0.2) is 54.6 Å².